The first-order valence-electron chi connectivity index (χ1n) is 6.79. The molecular formula is C16H14F3NO4S. The molecule has 0 aliphatic carbocycles. The van der Waals surface area contributed by atoms with Gasteiger partial charge in [-0.15, -0.1) is 0 Å². The number of halogens is 3. The average Bonchev–Trinajstić information content (AvgIpc) is 2.55. The van der Waals surface area contributed by atoms with Gasteiger partial charge < -0.3 is 4.55 Å². The Hall–Kier alpha value is -2.52. The van der Waals surface area contributed by atoms with Gasteiger partial charge in [0.2, 0.25) is 0 Å². The quantitative estimate of drug-likeness (QED) is 0.271. The molecule has 0 unspecified atom stereocenters. The average molecular weight is 373 g/mol. The highest BCUT2D eigenvalue weighted by Gasteiger charge is 2.36. The van der Waals surface area contributed by atoms with E-state index in [0.29, 0.717) is 17.8 Å². The smallest absolute Gasteiger partial charge is 0.485 e. The standard InChI is InChI=1S/C15H14NO.CHF3O3S/c1-2-11-16-12-7-6-10-14(16)15(17)13-8-4-3-5-9-13;2-1(3,4)8(5,6)7/h2-10,12H,1,11H2;(H,5,6,7)/q+1;/p-1. The number of pyridine rings is 1. The van der Waals surface area contributed by atoms with Crippen molar-refractivity contribution in [2.45, 2.75) is 12.1 Å². The second kappa shape index (κ2) is 8.54. The molecule has 0 atom stereocenters. The van der Waals surface area contributed by atoms with E-state index in [9.17, 15) is 18.0 Å². The lowest BCUT2D eigenvalue weighted by Gasteiger charge is -2.08. The zero-order valence-electron chi connectivity index (χ0n) is 12.8. The van der Waals surface area contributed by atoms with Gasteiger partial charge in [-0.3, -0.25) is 4.79 Å². The van der Waals surface area contributed by atoms with E-state index in [-0.39, 0.29) is 5.78 Å². The summed E-state index contributed by atoms with van der Waals surface area (Å²) in [6, 6.07) is 14.9. The zero-order chi connectivity index (χ0) is 19.1. The molecule has 134 valence electrons. The maximum atomic E-state index is 12.3. The second-order valence-corrected chi connectivity index (χ2v) is 5.99. The van der Waals surface area contributed by atoms with Crippen LogP contribution in [0.1, 0.15) is 16.1 Å². The fourth-order valence-electron chi connectivity index (χ4n) is 1.72. The minimum atomic E-state index is -6.09. The van der Waals surface area contributed by atoms with Gasteiger partial charge in [0.25, 0.3) is 11.5 Å². The van der Waals surface area contributed by atoms with Gasteiger partial charge in [0.05, 0.1) is 0 Å². The van der Waals surface area contributed by atoms with Crippen molar-refractivity contribution in [1.29, 1.82) is 0 Å². The molecule has 0 amide bonds. The first-order valence-corrected chi connectivity index (χ1v) is 8.20. The number of carbonyl (C=O) groups is 1. The van der Waals surface area contributed by atoms with Gasteiger partial charge in [0.15, 0.2) is 22.9 Å². The Balaban J connectivity index is 0.000000333. The topological polar surface area (TPSA) is 78.1 Å². The molecule has 0 bridgehead atoms. The molecule has 2 rings (SSSR count). The van der Waals surface area contributed by atoms with Gasteiger partial charge in [-0.25, -0.2) is 8.42 Å². The number of hydrogen-bond donors (Lipinski definition) is 0. The lowest BCUT2D eigenvalue weighted by atomic mass is 10.1. The first kappa shape index (κ1) is 20.5. The molecule has 1 aromatic heterocycles. The predicted octanol–water partition coefficient (Wildman–Crippen LogP) is 2.44. The first-order chi connectivity index (χ1) is 11.6. The van der Waals surface area contributed by atoms with E-state index in [1.165, 1.54) is 0 Å². The normalized spacial score (nSPS) is 11.2. The molecule has 1 heterocycles. The van der Waals surface area contributed by atoms with Crippen LogP contribution in [-0.4, -0.2) is 24.3 Å². The minimum Gasteiger partial charge on any atom is -0.741 e. The number of allylic oxidation sites excluding steroid dienone is 1. The largest absolute Gasteiger partial charge is 0.741 e. The highest BCUT2D eigenvalue weighted by atomic mass is 32.2. The summed E-state index contributed by atoms with van der Waals surface area (Å²) in [5.74, 6) is 0.0352. The zero-order valence-corrected chi connectivity index (χ0v) is 13.6. The van der Waals surface area contributed by atoms with Crippen LogP contribution in [0.15, 0.2) is 67.4 Å². The minimum absolute atomic E-state index is 0.0352. The van der Waals surface area contributed by atoms with E-state index in [2.05, 4.69) is 6.58 Å². The molecule has 0 N–H and O–H groups in total. The molecule has 0 saturated heterocycles. The molecule has 5 nitrogen and oxygen atoms in total. The Morgan fingerprint density at radius 3 is 2.12 bits per heavy atom. The number of carbonyl (C=O) groups excluding carboxylic acids is 1. The molecule has 0 fully saturated rings. The Kier molecular flexibility index (Phi) is 7.01. The second-order valence-electron chi connectivity index (χ2n) is 4.62. The Bertz CT molecular complexity index is 834. The summed E-state index contributed by atoms with van der Waals surface area (Å²) in [6.07, 6.45) is 3.67. The third-order valence-electron chi connectivity index (χ3n) is 2.82. The Morgan fingerprint density at radius 1 is 1.12 bits per heavy atom. The molecule has 0 radical (unpaired) electrons. The van der Waals surface area contributed by atoms with Gasteiger partial charge in [-0.05, 0) is 12.1 Å². The van der Waals surface area contributed by atoms with Crippen LogP contribution < -0.4 is 4.57 Å². The van der Waals surface area contributed by atoms with Crippen molar-refractivity contribution in [2.75, 3.05) is 0 Å². The maximum absolute atomic E-state index is 12.3. The summed E-state index contributed by atoms with van der Waals surface area (Å²) in [6.45, 7) is 4.33. The summed E-state index contributed by atoms with van der Waals surface area (Å²) >= 11 is 0. The van der Waals surface area contributed by atoms with Gasteiger partial charge >= 0.3 is 5.51 Å². The fourth-order valence-corrected chi connectivity index (χ4v) is 1.72. The van der Waals surface area contributed by atoms with Crippen LogP contribution in [0.25, 0.3) is 0 Å². The van der Waals surface area contributed by atoms with Crippen molar-refractivity contribution in [1.82, 2.24) is 0 Å². The van der Waals surface area contributed by atoms with Crippen molar-refractivity contribution in [2.24, 2.45) is 0 Å². The molecule has 0 spiro atoms. The third kappa shape index (κ3) is 6.12. The van der Waals surface area contributed by atoms with Crippen molar-refractivity contribution in [3.05, 3.63) is 78.6 Å². The Morgan fingerprint density at radius 2 is 1.64 bits per heavy atom. The molecule has 25 heavy (non-hydrogen) atoms. The number of nitrogens with zero attached hydrogens (tertiary/aromatic N) is 1. The highest BCUT2D eigenvalue weighted by Crippen LogP contribution is 2.20. The molecule has 0 aliphatic rings. The van der Waals surface area contributed by atoms with Crippen LogP contribution in [-0.2, 0) is 16.7 Å². The number of alkyl halides is 3. The summed E-state index contributed by atoms with van der Waals surface area (Å²) in [5.41, 5.74) is -4.26. The molecule has 0 aliphatic heterocycles. The SMILES string of the molecule is C=CC[n+]1ccccc1C(=O)c1ccccc1.O=S(=O)([O-])C(F)(F)F. The van der Waals surface area contributed by atoms with E-state index in [0.717, 1.165) is 0 Å². The molecular weight excluding hydrogens is 359 g/mol. The van der Waals surface area contributed by atoms with Crippen molar-refractivity contribution in [3.8, 4) is 0 Å². The number of aromatic nitrogens is 1. The summed E-state index contributed by atoms with van der Waals surface area (Å²) in [7, 11) is -6.09. The highest BCUT2D eigenvalue weighted by molar-refractivity contribution is 7.86. The van der Waals surface area contributed by atoms with Crippen LogP contribution in [0.3, 0.4) is 0 Å². The molecule has 9 heteroatoms. The predicted molar refractivity (Wildman–Crippen MR) is 82.5 cm³/mol. The van der Waals surface area contributed by atoms with Gasteiger partial charge in [-0.1, -0.05) is 36.9 Å². The third-order valence-corrected chi connectivity index (χ3v) is 3.39. The summed E-state index contributed by atoms with van der Waals surface area (Å²) in [4.78, 5) is 12.3. The van der Waals surface area contributed by atoms with Gasteiger partial charge in [0.1, 0.15) is 0 Å². The molecule has 2 aromatic rings. The van der Waals surface area contributed by atoms with Crippen LogP contribution in [0, 0.1) is 0 Å². The molecule has 1 aromatic carbocycles. The van der Waals surface area contributed by atoms with Gasteiger partial charge in [-0.2, -0.15) is 17.7 Å². The van der Waals surface area contributed by atoms with Crippen LogP contribution >= 0.6 is 0 Å². The molecule has 0 saturated carbocycles. The van der Waals surface area contributed by atoms with Crippen molar-refractivity contribution < 1.29 is 35.5 Å². The summed E-state index contributed by atoms with van der Waals surface area (Å²) < 4.78 is 60.8. The fraction of sp³-hybridized carbons (Fsp3) is 0.125. The van der Waals surface area contributed by atoms with Crippen LogP contribution in [0.4, 0.5) is 13.2 Å². The Labute approximate surface area is 142 Å². The monoisotopic (exact) mass is 373 g/mol. The van der Waals surface area contributed by atoms with Gasteiger partial charge in [0, 0.05) is 17.7 Å². The van der Waals surface area contributed by atoms with E-state index < -0.39 is 15.6 Å². The van der Waals surface area contributed by atoms with E-state index in [4.69, 9.17) is 13.0 Å². The number of rotatable bonds is 4. The number of hydrogen-bond acceptors (Lipinski definition) is 4. The van der Waals surface area contributed by atoms with Crippen molar-refractivity contribution >= 4 is 15.9 Å². The lowest BCUT2D eigenvalue weighted by molar-refractivity contribution is -0.688. The van der Waals surface area contributed by atoms with Crippen LogP contribution in [0.5, 0.6) is 0 Å². The lowest BCUT2D eigenvalue weighted by Crippen LogP contribution is -2.39. The van der Waals surface area contributed by atoms with E-state index in [1.54, 1.807) is 6.08 Å². The van der Waals surface area contributed by atoms with E-state index in [1.807, 2.05) is 59.3 Å². The summed E-state index contributed by atoms with van der Waals surface area (Å²) in [5, 5.41) is 0. The van der Waals surface area contributed by atoms with E-state index >= 15 is 0 Å². The van der Waals surface area contributed by atoms with Crippen LogP contribution in [0.2, 0.25) is 0 Å². The number of benzene rings is 1. The van der Waals surface area contributed by atoms with Crippen molar-refractivity contribution in [3.63, 3.8) is 0 Å². The maximum Gasteiger partial charge on any atom is 0.485 e. The number of ketones is 1.